The molecule has 152 valence electrons. The van der Waals surface area contributed by atoms with Crippen LogP contribution in [-0.4, -0.2) is 33.0 Å². The van der Waals surface area contributed by atoms with Crippen molar-refractivity contribution in [3.63, 3.8) is 0 Å². The van der Waals surface area contributed by atoms with E-state index in [4.69, 9.17) is 18.9 Å². The average Bonchev–Trinajstić information content (AvgIpc) is 2.70. The van der Waals surface area contributed by atoms with E-state index < -0.39 is 0 Å². The van der Waals surface area contributed by atoms with Gasteiger partial charge in [0.05, 0.1) is 32.5 Å². The van der Waals surface area contributed by atoms with Crippen LogP contribution in [0.5, 0.6) is 23.0 Å². The van der Waals surface area contributed by atoms with Crippen LogP contribution in [0.25, 0.3) is 0 Å². The number of hydrogen-bond acceptors (Lipinski definition) is 5. The normalized spacial score (nSPS) is 15.6. The topological polar surface area (TPSA) is 49.0 Å². The minimum atomic E-state index is 0.0773. The van der Waals surface area contributed by atoms with Gasteiger partial charge in [-0.25, -0.2) is 0 Å². The largest absolute Gasteiger partial charge is 0.490 e. The molecule has 0 fully saturated rings. The molecule has 5 heteroatoms. The van der Waals surface area contributed by atoms with Crippen molar-refractivity contribution in [2.75, 3.05) is 33.0 Å². The second-order valence-electron chi connectivity index (χ2n) is 6.57. The van der Waals surface area contributed by atoms with Crippen molar-refractivity contribution in [1.29, 1.82) is 0 Å². The number of benzene rings is 2. The van der Waals surface area contributed by atoms with Crippen molar-refractivity contribution >= 4 is 0 Å². The maximum Gasteiger partial charge on any atom is 0.161 e. The van der Waals surface area contributed by atoms with E-state index in [0.717, 1.165) is 41.5 Å². The first-order valence-electron chi connectivity index (χ1n) is 10.3. The highest BCUT2D eigenvalue weighted by molar-refractivity contribution is 5.53. The quantitative estimate of drug-likeness (QED) is 0.688. The molecule has 0 spiro atoms. The molecule has 1 aliphatic heterocycles. The summed E-state index contributed by atoms with van der Waals surface area (Å²) in [6.07, 6.45) is 0.966. The molecular formula is C23H31NO4. The highest BCUT2D eigenvalue weighted by atomic mass is 16.5. The van der Waals surface area contributed by atoms with E-state index in [9.17, 15) is 0 Å². The summed E-state index contributed by atoms with van der Waals surface area (Å²) in [4.78, 5) is 0. The van der Waals surface area contributed by atoms with Crippen LogP contribution in [0, 0.1) is 0 Å². The number of fused-ring (bicyclic) bond motifs is 1. The smallest absolute Gasteiger partial charge is 0.161 e. The van der Waals surface area contributed by atoms with Gasteiger partial charge in [0.2, 0.25) is 0 Å². The maximum atomic E-state index is 5.86. The van der Waals surface area contributed by atoms with Gasteiger partial charge in [-0.1, -0.05) is 6.07 Å². The van der Waals surface area contributed by atoms with Crippen molar-refractivity contribution in [2.24, 2.45) is 0 Å². The Morgan fingerprint density at radius 2 is 1.32 bits per heavy atom. The Hall–Kier alpha value is -2.40. The zero-order valence-electron chi connectivity index (χ0n) is 17.3. The van der Waals surface area contributed by atoms with Crippen molar-refractivity contribution in [3.8, 4) is 23.0 Å². The number of ether oxygens (including phenoxy) is 4. The number of nitrogens with one attached hydrogen (secondary N) is 1. The molecule has 0 bridgehead atoms. The van der Waals surface area contributed by atoms with E-state index in [0.29, 0.717) is 26.4 Å². The number of rotatable bonds is 9. The second-order valence-corrected chi connectivity index (χ2v) is 6.57. The van der Waals surface area contributed by atoms with Gasteiger partial charge in [0, 0.05) is 6.54 Å². The Labute approximate surface area is 168 Å². The molecule has 1 N–H and O–H groups in total. The molecule has 0 unspecified atom stereocenters. The SMILES string of the molecule is CCOc1ccc([C@@H]2NCCc3cc(OCC)c(OCC)cc32)cc1OCC. The second kappa shape index (κ2) is 9.69. The van der Waals surface area contributed by atoms with Gasteiger partial charge in [0.25, 0.3) is 0 Å². The summed E-state index contributed by atoms with van der Waals surface area (Å²) in [5, 5.41) is 3.64. The molecule has 0 saturated heterocycles. The lowest BCUT2D eigenvalue weighted by Crippen LogP contribution is -2.30. The van der Waals surface area contributed by atoms with Crippen LogP contribution < -0.4 is 24.3 Å². The van der Waals surface area contributed by atoms with Gasteiger partial charge in [-0.2, -0.15) is 0 Å². The fourth-order valence-corrected chi connectivity index (χ4v) is 3.65. The summed E-state index contributed by atoms with van der Waals surface area (Å²) in [5.74, 6) is 3.19. The van der Waals surface area contributed by atoms with Gasteiger partial charge >= 0.3 is 0 Å². The molecule has 28 heavy (non-hydrogen) atoms. The first-order chi connectivity index (χ1) is 13.7. The third-order valence-corrected chi connectivity index (χ3v) is 4.76. The molecule has 0 saturated carbocycles. The fraction of sp³-hybridized carbons (Fsp3) is 0.478. The van der Waals surface area contributed by atoms with E-state index >= 15 is 0 Å². The summed E-state index contributed by atoms with van der Waals surface area (Å²) in [7, 11) is 0. The van der Waals surface area contributed by atoms with Crippen LogP contribution in [0.15, 0.2) is 30.3 Å². The van der Waals surface area contributed by atoms with Gasteiger partial charge < -0.3 is 24.3 Å². The van der Waals surface area contributed by atoms with Crippen molar-refractivity contribution in [1.82, 2.24) is 5.32 Å². The maximum absolute atomic E-state index is 5.86. The molecule has 3 rings (SSSR count). The minimum absolute atomic E-state index is 0.0773. The summed E-state index contributed by atoms with van der Waals surface area (Å²) >= 11 is 0. The van der Waals surface area contributed by atoms with Gasteiger partial charge in [0.15, 0.2) is 23.0 Å². The minimum Gasteiger partial charge on any atom is -0.490 e. The standard InChI is InChI=1S/C23H31NO4/c1-5-25-19-10-9-17(14-20(19)26-6-2)23-18-15-22(28-8-4)21(27-7-3)13-16(18)11-12-24-23/h9-10,13-15,23-24H,5-8,11-12H2,1-4H3/t23-/m0/s1. The van der Waals surface area contributed by atoms with Gasteiger partial charge in [-0.3, -0.25) is 0 Å². The highest BCUT2D eigenvalue weighted by Gasteiger charge is 2.25. The molecule has 0 radical (unpaired) electrons. The van der Waals surface area contributed by atoms with Crippen LogP contribution in [0.4, 0.5) is 0 Å². The Balaban J connectivity index is 2.01. The third-order valence-electron chi connectivity index (χ3n) is 4.76. The van der Waals surface area contributed by atoms with Gasteiger partial charge in [-0.15, -0.1) is 0 Å². The molecular weight excluding hydrogens is 354 g/mol. The summed E-state index contributed by atoms with van der Waals surface area (Å²) < 4.78 is 23.2. The van der Waals surface area contributed by atoms with Crippen LogP contribution in [0.3, 0.4) is 0 Å². The van der Waals surface area contributed by atoms with E-state index in [1.54, 1.807) is 0 Å². The molecule has 0 amide bonds. The predicted octanol–water partition coefficient (Wildman–Crippen LogP) is 4.52. The lowest BCUT2D eigenvalue weighted by Gasteiger charge is -2.29. The summed E-state index contributed by atoms with van der Waals surface area (Å²) in [5.41, 5.74) is 3.67. The fourth-order valence-electron chi connectivity index (χ4n) is 3.65. The van der Waals surface area contributed by atoms with Crippen LogP contribution in [0.1, 0.15) is 50.4 Å². The van der Waals surface area contributed by atoms with Gasteiger partial charge in [-0.05, 0) is 75.1 Å². The first kappa shape index (κ1) is 20.3. The Morgan fingerprint density at radius 3 is 1.96 bits per heavy atom. The molecule has 1 atom stereocenters. The van der Waals surface area contributed by atoms with Crippen LogP contribution >= 0.6 is 0 Å². The molecule has 0 aromatic heterocycles. The molecule has 2 aromatic carbocycles. The Kier molecular flexibility index (Phi) is 7.04. The predicted molar refractivity (Wildman–Crippen MR) is 111 cm³/mol. The Morgan fingerprint density at radius 1 is 0.750 bits per heavy atom. The monoisotopic (exact) mass is 385 g/mol. The molecule has 0 aliphatic carbocycles. The average molecular weight is 386 g/mol. The summed E-state index contributed by atoms with van der Waals surface area (Å²) in [6.45, 7) is 11.3. The van der Waals surface area contributed by atoms with Crippen LogP contribution in [-0.2, 0) is 6.42 Å². The highest BCUT2D eigenvalue weighted by Crippen LogP contribution is 2.39. The van der Waals surface area contributed by atoms with Crippen molar-refractivity contribution < 1.29 is 18.9 Å². The van der Waals surface area contributed by atoms with Crippen molar-refractivity contribution in [2.45, 2.75) is 40.2 Å². The van der Waals surface area contributed by atoms with Crippen LogP contribution in [0.2, 0.25) is 0 Å². The first-order valence-corrected chi connectivity index (χ1v) is 10.3. The molecule has 1 aliphatic rings. The summed E-state index contributed by atoms with van der Waals surface area (Å²) in [6, 6.07) is 10.5. The zero-order valence-corrected chi connectivity index (χ0v) is 17.3. The van der Waals surface area contributed by atoms with E-state index in [2.05, 4.69) is 29.6 Å². The molecule has 5 nitrogen and oxygen atoms in total. The molecule has 2 aromatic rings. The Bertz CT molecular complexity index is 790. The lowest BCUT2D eigenvalue weighted by molar-refractivity contribution is 0.286. The van der Waals surface area contributed by atoms with Crippen molar-refractivity contribution in [3.05, 3.63) is 47.0 Å². The number of hydrogen-bond donors (Lipinski definition) is 1. The van der Waals surface area contributed by atoms with E-state index in [1.807, 2.05) is 33.8 Å². The van der Waals surface area contributed by atoms with E-state index in [-0.39, 0.29) is 6.04 Å². The third kappa shape index (κ3) is 4.36. The van der Waals surface area contributed by atoms with Gasteiger partial charge in [0.1, 0.15) is 0 Å². The van der Waals surface area contributed by atoms with E-state index in [1.165, 1.54) is 11.1 Å². The lowest BCUT2D eigenvalue weighted by atomic mass is 9.89. The molecule has 1 heterocycles. The zero-order chi connectivity index (χ0) is 19.9.